The minimum absolute atomic E-state index is 0.0769. The Hall–Kier alpha value is 0.0869. The summed E-state index contributed by atoms with van der Waals surface area (Å²) in [5, 5.41) is 0. The molecule has 0 spiro atoms. The second-order valence-corrected chi connectivity index (χ2v) is 6.12. The molecule has 1 heteroatoms. The first-order valence-electron chi connectivity index (χ1n) is 3.91. The fourth-order valence-electron chi connectivity index (χ4n) is 1.05. The molecule has 0 nitrogen and oxygen atoms in total. The van der Waals surface area contributed by atoms with Crippen LogP contribution in [-0.2, 0) is 0 Å². The quantitative estimate of drug-likeness (QED) is 0.532. The molecule has 0 fully saturated rings. The van der Waals surface area contributed by atoms with E-state index in [0.717, 1.165) is 5.54 Å². The van der Waals surface area contributed by atoms with Gasteiger partial charge >= 0.3 is 0 Å². The van der Waals surface area contributed by atoms with E-state index in [9.17, 15) is 0 Å². The Morgan fingerprint density at radius 3 is 2.00 bits per heavy atom. The molecule has 0 atom stereocenters. The highest BCUT2D eigenvalue weighted by Crippen LogP contribution is 2.04. The second-order valence-electron chi connectivity index (χ2n) is 2.70. The first-order chi connectivity index (χ1) is 4.22. The zero-order valence-electron chi connectivity index (χ0n) is 7.07. The Bertz CT molecular complexity index is 92.7. The third-order valence-electron chi connectivity index (χ3n) is 1.62. The van der Waals surface area contributed by atoms with Crippen LogP contribution in [-0.4, -0.2) is 14.1 Å². The van der Waals surface area contributed by atoms with Crippen LogP contribution in [0.25, 0.3) is 0 Å². The molecule has 0 aliphatic heterocycles. The Kier molecular flexibility index (Phi) is 4.97. The van der Waals surface area contributed by atoms with Crippen LogP contribution in [0.2, 0.25) is 11.6 Å². The van der Waals surface area contributed by atoms with Crippen LogP contribution < -0.4 is 0 Å². The van der Waals surface area contributed by atoms with E-state index in [1.165, 1.54) is 12.5 Å². The first-order valence-corrected chi connectivity index (χ1v) is 5.77. The third kappa shape index (κ3) is 3.63. The highest BCUT2D eigenvalue weighted by Gasteiger charge is 1.98. The van der Waals surface area contributed by atoms with Gasteiger partial charge in [0.15, 0.2) is 0 Å². The molecular weight excluding hydrogens is 124 g/mol. The molecule has 0 rings (SSSR count). The molecule has 0 saturated heterocycles. The fraction of sp³-hybridized carbons (Fsp3) is 0.875. The molecule has 0 aromatic heterocycles. The van der Waals surface area contributed by atoms with Gasteiger partial charge in [-0.2, -0.15) is 0 Å². The molecule has 0 heterocycles. The van der Waals surface area contributed by atoms with Crippen molar-refractivity contribution in [2.24, 2.45) is 0 Å². The van der Waals surface area contributed by atoms with Gasteiger partial charge in [-0.05, 0) is 18.0 Å². The van der Waals surface area contributed by atoms with E-state index in [4.69, 9.17) is 0 Å². The summed E-state index contributed by atoms with van der Waals surface area (Å²) in [5.74, 6) is 0. The minimum Gasteiger partial charge on any atom is -0.104 e. The van der Waals surface area contributed by atoms with Crippen molar-refractivity contribution < 1.29 is 0 Å². The molecule has 0 radical (unpaired) electrons. The van der Waals surface area contributed by atoms with Crippen molar-refractivity contribution in [1.29, 1.82) is 0 Å². The van der Waals surface area contributed by atoms with E-state index in [1.54, 1.807) is 0 Å². The lowest BCUT2D eigenvalue weighted by atomic mass is 10.6. The molecule has 0 aromatic carbocycles. The van der Waals surface area contributed by atoms with Crippen LogP contribution in [0.5, 0.6) is 0 Å². The molecular formula is C8H18Si. The maximum absolute atomic E-state index is 2.52. The van der Waals surface area contributed by atoms with Crippen molar-refractivity contribution in [3.63, 3.8) is 0 Å². The van der Waals surface area contributed by atoms with Gasteiger partial charge in [0.1, 0.15) is 0 Å². The number of rotatable bonds is 3. The monoisotopic (exact) mass is 142 g/mol. The highest BCUT2D eigenvalue weighted by atomic mass is 28.2. The van der Waals surface area contributed by atoms with E-state index >= 15 is 0 Å². The van der Waals surface area contributed by atoms with E-state index in [-0.39, 0.29) is 8.41 Å². The normalized spacial score (nSPS) is 12.8. The van der Waals surface area contributed by atoms with Crippen LogP contribution in [0.3, 0.4) is 0 Å². The van der Waals surface area contributed by atoms with E-state index in [2.05, 4.69) is 33.4 Å². The van der Waals surface area contributed by atoms with Gasteiger partial charge in [0.2, 0.25) is 0 Å². The van der Waals surface area contributed by atoms with Gasteiger partial charge in [-0.25, -0.2) is 0 Å². The van der Waals surface area contributed by atoms with Gasteiger partial charge in [-0.1, -0.05) is 27.7 Å². The Morgan fingerprint density at radius 2 is 1.89 bits per heavy atom. The lowest BCUT2D eigenvalue weighted by Gasteiger charge is -2.05. The molecule has 0 amide bonds. The van der Waals surface area contributed by atoms with Crippen molar-refractivity contribution in [3.05, 3.63) is 0 Å². The molecule has 54 valence electrons. The van der Waals surface area contributed by atoms with Crippen LogP contribution in [0.4, 0.5) is 0 Å². The zero-order valence-corrected chi connectivity index (χ0v) is 8.07. The molecule has 0 bridgehead atoms. The summed E-state index contributed by atoms with van der Waals surface area (Å²) in [4.78, 5) is 0. The predicted molar refractivity (Wildman–Crippen MR) is 47.7 cm³/mol. The summed E-state index contributed by atoms with van der Waals surface area (Å²) in [6, 6.07) is 1.40. The average molecular weight is 142 g/mol. The summed E-state index contributed by atoms with van der Waals surface area (Å²) < 4.78 is 0. The Balaban J connectivity index is 3.81. The first kappa shape index (κ1) is 9.09. The maximum Gasteiger partial charge on any atom is 0.00778 e. The molecule has 9 heavy (non-hydrogen) atoms. The van der Waals surface area contributed by atoms with Crippen LogP contribution in [0.15, 0.2) is 0 Å². The third-order valence-corrected chi connectivity index (χ3v) is 4.85. The van der Waals surface area contributed by atoms with Gasteiger partial charge < -0.3 is 0 Å². The SMILES string of the molecule is CCC=[Si](CC)C(C)C. The Morgan fingerprint density at radius 1 is 1.33 bits per heavy atom. The van der Waals surface area contributed by atoms with Crippen molar-refractivity contribution in [1.82, 2.24) is 0 Å². The van der Waals surface area contributed by atoms with Crippen LogP contribution >= 0.6 is 0 Å². The number of hydrogen-bond donors (Lipinski definition) is 0. The number of hydrogen-bond acceptors (Lipinski definition) is 0. The van der Waals surface area contributed by atoms with E-state index < -0.39 is 0 Å². The van der Waals surface area contributed by atoms with Crippen LogP contribution in [0.1, 0.15) is 34.1 Å². The maximum atomic E-state index is 2.52. The van der Waals surface area contributed by atoms with Gasteiger partial charge in [0.05, 0.1) is 0 Å². The van der Waals surface area contributed by atoms with Crippen LogP contribution in [0, 0.1) is 0 Å². The minimum atomic E-state index is -0.0769. The smallest absolute Gasteiger partial charge is 0.00778 e. The molecule has 0 N–H and O–H groups in total. The summed E-state index contributed by atoms with van der Waals surface area (Å²) in [6.45, 7) is 9.22. The van der Waals surface area contributed by atoms with E-state index in [1.807, 2.05) is 0 Å². The lowest BCUT2D eigenvalue weighted by molar-refractivity contribution is 1.04. The van der Waals surface area contributed by atoms with Gasteiger partial charge in [0.25, 0.3) is 0 Å². The largest absolute Gasteiger partial charge is 0.104 e. The molecule has 0 unspecified atom stereocenters. The van der Waals surface area contributed by atoms with Crippen molar-refractivity contribution >= 4 is 14.1 Å². The van der Waals surface area contributed by atoms with E-state index in [0.29, 0.717) is 0 Å². The highest BCUT2D eigenvalue weighted by molar-refractivity contribution is 6.67. The lowest BCUT2D eigenvalue weighted by Crippen LogP contribution is -2.06. The van der Waals surface area contributed by atoms with Crippen molar-refractivity contribution in [3.8, 4) is 0 Å². The van der Waals surface area contributed by atoms with Crippen molar-refractivity contribution in [2.45, 2.75) is 45.7 Å². The summed E-state index contributed by atoms with van der Waals surface area (Å²) in [6.07, 6.45) is 1.26. The fourth-order valence-corrected chi connectivity index (χ4v) is 3.15. The second kappa shape index (κ2) is 4.92. The standard InChI is InChI=1S/C8H18Si/c1-5-7-9(6-2)8(3)4/h7-8H,5-6H2,1-4H3. The predicted octanol–water partition coefficient (Wildman–Crippen LogP) is 2.71. The van der Waals surface area contributed by atoms with Gasteiger partial charge in [-0.15, -0.1) is 5.67 Å². The Labute approximate surface area is 60.5 Å². The average Bonchev–Trinajstić information content (AvgIpc) is 1.82. The molecule has 0 aliphatic carbocycles. The van der Waals surface area contributed by atoms with Gasteiger partial charge in [0, 0.05) is 8.41 Å². The zero-order chi connectivity index (χ0) is 7.28. The topological polar surface area (TPSA) is 0 Å². The van der Waals surface area contributed by atoms with Gasteiger partial charge in [-0.3, -0.25) is 0 Å². The summed E-state index contributed by atoms with van der Waals surface area (Å²) in [7, 11) is -0.0769. The summed E-state index contributed by atoms with van der Waals surface area (Å²) in [5.41, 5.74) is 3.45. The summed E-state index contributed by atoms with van der Waals surface area (Å²) >= 11 is 0. The molecule has 0 saturated carbocycles. The molecule has 0 aliphatic rings. The molecule has 0 aromatic rings. The van der Waals surface area contributed by atoms with Crippen molar-refractivity contribution in [2.75, 3.05) is 0 Å².